The van der Waals surface area contributed by atoms with E-state index in [1.165, 1.54) is 0 Å². The third kappa shape index (κ3) is 2.92. The number of carbonyl (C=O) groups is 1. The first-order valence-corrected chi connectivity index (χ1v) is 5.12. The highest BCUT2D eigenvalue weighted by molar-refractivity contribution is 5.89. The van der Waals surface area contributed by atoms with Gasteiger partial charge in [-0.25, -0.2) is 9.18 Å². The molecule has 2 nitrogen and oxygen atoms in total. The van der Waals surface area contributed by atoms with Crippen molar-refractivity contribution in [3.63, 3.8) is 0 Å². The second kappa shape index (κ2) is 5.45. The van der Waals surface area contributed by atoms with Crippen LogP contribution in [0.2, 0.25) is 0 Å². The van der Waals surface area contributed by atoms with E-state index in [0.29, 0.717) is 5.56 Å². The Bertz CT molecular complexity index is 399. The van der Waals surface area contributed by atoms with E-state index in [4.69, 9.17) is 4.74 Å². The summed E-state index contributed by atoms with van der Waals surface area (Å²) in [5.41, 5.74) is 1.21. The van der Waals surface area contributed by atoms with Crippen LogP contribution in [0.1, 0.15) is 24.2 Å². The maximum atomic E-state index is 13.9. The van der Waals surface area contributed by atoms with E-state index in [1.807, 2.05) is 13.0 Å². The van der Waals surface area contributed by atoms with E-state index in [1.54, 1.807) is 25.1 Å². The Morgan fingerprint density at radius 2 is 2.25 bits per heavy atom. The molecule has 0 fully saturated rings. The van der Waals surface area contributed by atoms with E-state index in [-0.39, 0.29) is 12.2 Å². The minimum Gasteiger partial charge on any atom is -0.463 e. The molecule has 3 heteroatoms. The zero-order valence-electron chi connectivity index (χ0n) is 9.50. The van der Waals surface area contributed by atoms with Crippen LogP contribution in [0.4, 0.5) is 4.39 Å². The zero-order valence-corrected chi connectivity index (χ0v) is 9.50. The number of benzene rings is 1. The second-order valence-electron chi connectivity index (χ2n) is 3.52. The first kappa shape index (κ1) is 12.4. The Balaban J connectivity index is 2.82. The minimum atomic E-state index is -1.50. The molecule has 1 atom stereocenters. The Kier molecular flexibility index (Phi) is 4.23. The highest BCUT2D eigenvalue weighted by Gasteiger charge is 2.21. The number of carbonyl (C=O) groups excluding carboxylic acids is 1. The lowest BCUT2D eigenvalue weighted by Gasteiger charge is -2.11. The Morgan fingerprint density at radius 1 is 1.56 bits per heavy atom. The van der Waals surface area contributed by atoms with Crippen LogP contribution in [-0.4, -0.2) is 12.6 Å². The number of esters is 1. The fourth-order valence-electron chi connectivity index (χ4n) is 1.36. The molecular formula is C13H15FO2. The van der Waals surface area contributed by atoms with Crippen LogP contribution in [0.3, 0.4) is 0 Å². The molecule has 0 saturated carbocycles. The van der Waals surface area contributed by atoms with Gasteiger partial charge < -0.3 is 4.74 Å². The Labute approximate surface area is 94.7 Å². The summed E-state index contributed by atoms with van der Waals surface area (Å²) in [4.78, 5) is 11.3. The topological polar surface area (TPSA) is 26.3 Å². The lowest BCUT2D eigenvalue weighted by molar-refractivity contribution is -0.139. The third-order valence-electron chi connectivity index (χ3n) is 2.18. The number of ether oxygens (including phenoxy) is 1. The lowest BCUT2D eigenvalue weighted by Crippen LogP contribution is -2.11. The predicted octanol–water partition coefficient (Wildman–Crippen LogP) is 3.12. The summed E-state index contributed by atoms with van der Waals surface area (Å²) < 4.78 is 18.6. The number of halogens is 1. The highest BCUT2D eigenvalue weighted by atomic mass is 19.1. The van der Waals surface area contributed by atoms with Gasteiger partial charge in [0.2, 0.25) is 0 Å². The molecule has 86 valence electrons. The quantitative estimate of drug-likeness (QED) is 0.578. The molecule has 0 heterocycles. The van der Waals surface area contributed by atoms with Crippen LogP contribution >= 0.6 is 0 Å². The summed E-state index contributed by atoms with van der Waals surface area (Å²) in [7, 11) is 0. The summed E-state index contributed by atoms with van der Waals surface area (Å²) >= 11 is 0. The predicted molar refractivity (Wildman–Crippen MR) is 60.8 cm³/mol. The van der Waals surface area contributed by atoms with Crippen LogP contribution in [0, 0.1) is 6.92 Å². The summed E-state index contributed by atoms with van der Waals surface area (Å²) in [5, 5.41) is 0. The second-order valence-corrected chi connectivity index (χ2v) is 3.52. The van der Waals surface area contributed by atoms with Gasteiger partial charge >= 0.3 is 5.97 Å². The van der Waals surface area contributed by atoms with E-state index in [0.717, 1.165) is 5.56 Å². The Hall–Kier alpha value is -1.64. The SMILES string of the molecule is C=C(C(=O)OCC)C(F)c1cccc(C)c1. The highest BCUT2D eigenvalue weighted by Crippen LogP contribution is 2.26. The number of hydrogen-bond donors (Lipinski definition) is 0. The Morgan fingerprint density at radius 3 is 2.81 bits per heavy atom. The van der Waals surface area contributed by atoms with Crippen molar-refractivity contribution in [3.05, 3.63) is 47.5 Å². The van der Waals surface area contributed by atoms with Crippen molar-refractivity contribution in [1.29, 1.82) is 0 Å². The van der Waals surface area contributed by atoms with Crippen LogP contribution < -0.4 is 0 Å². The maximum Gasteiger partial charge on any atom is 0.336 e. The molecule has 1 aromatic rings. The van der Waals surface area contributed by atoms with Gasteiger partial charge in [0.25, 0.3) is 0 Å². The molecule has 1 rings (SSSR count). The number of alkyl halides is 1. The van der Waals surface area contributed by atoms with Crippen LogP contribution in [0.15, 0.2) is 36.4 Å². The maximum absolute atomic E-state index is 13.9. The summed E-state index contributed by atoms with van der Waals surface area (Å²) in [6.07, 6.45) is -1.50. The molecular weight excluding hydrogens is 207 g/mol. The van der Waals surface area contributed by atoms with Gasteiger partial charge in [0, 0.05) is 0 Å². The molecule has 0 aliphatic rings. The van der Waals surface area contributed by atoms with Gasteiger partial charge in [0.1, 0.15) is 0 Å². The van der Waals surface area contributed by atoms with Gasteiger partial charge in [-0.15, -0.1) is 0 Å². The van der Waals surface area contributed by atoms with Crippen molar-refractivity contribution in [2.45, 2.75) is 20.0 Å². The first-order valence-electron chi connectivity index (χ1n) is 5.12. The van der Waals surface area contributed by atoms with Crippen molar-refractivity contribution >= 4 is 5.97 Å². The van der Waals surface area contributed by atoms with Crippen molar-refractivity contribution in [2.75, 3.05) is 6.61 Å². The molecule has 0 bridgehead atoms. The molecule has 0 radical (unpaired) electrons. The van der Waals surface area contributed by atoms with Crippen LogP contribution in [0.5, 0.6) is 0 Å². The summed E-state index contributed by atoms with van der Waals surface area (Å²) in [5.74, 6) is -0.684. The molecule has 0 aliphatic carbocycles. The van der Waals surface area contributed by atoms with E-state index in [9.17, 15) is 9.18 Å². The normalized spacial score (nSPS) is 11.9. The summed E-state index contributed by atoms with van der Waals surface area (Å²) in [6, 6.07) is 6.93. The number of aryl methyl sites for hydroxylation is 1. The van der Waals surface area contributed by atoms with Crippen molar-refractivity contribution < 1.29 is 13.9 Å². The van der Waals surface area contributed by atoms with Gasteiger partial charge in [-0.1, -0.05) is 36.4 Å². The van der Waals surface area contributed by atoms with Crippen molar-refractivity contribution in [3.8, 4) is 0 Å². The molecule has 16 heavy (non-hydrogen) atoms. The van der Waals surface area contributed by atoms with Gasteiger partial charge in [-0.2, -0.15) is 0 Å². The van der Waals surface area contributed by atoms with E-state index < -0.39 is 12.1 Å². The minimum absolute atomic E-state index is 0.160. The molecule has 0 spiro atoms. The van der Waals surface area contributed by atoms with Crippen LogP contribution in [-0.2, 0) is 9.53 Å². The van der Waals surface area contributed by atoms with Gasteiger partial charge in [-0.3, -0.25) is 0 Å². The van der Waals surface area contributed by atoms with Gasteiger partial charge in [0.05, 0.1) is 12.2 Å². The largest absolute Gasteiger partial charge is 0.463 e. The molecule has 1 unspecified atom stereocenters. The van der Waals surface area contributed by atoms with Crippen molar-refractivity contribution in [1.82, 2.24) is 0 Å². The van der Waals surface area contributed by atoms with Crippen LogP contribution in [0.25, 0.3) is 0 Å². The monoisotopic (exact) mass is 222 g/mol. The zero-order chi connectivity index (χ0) is 12.1. The fraction of sp³-hybridized carbons (Fsp3) is 0.308. The van der Waals surface area contributed by atoms with Gasteiger partial charge in [0.15, 0.2) is 6.17 Å². The molecule has 0 aromatic heterocycles. The molecule has 0 aliphatic heterocycles. The first-order chi connectivity index (χ1) is 7.56. The van der Waals surface area contributed by atoms with Crippen molar-refractivity contribution in [2.24, 2.45) is 0 Å². The smallest absolute Gasteiger partial charge is 0.336 e. The molecule has 1 aromatic carbocycles. The van der Waals surface area contributed by atoms with E-state index in [2.05, 4.69) is 6.58 Å². The fourth-order valence-corrected chi connectivity index (χ4v) is 1.36. The molecule has 0 saturated heterocycles. The summed E-state index contributed by atoms with van der Waals surface area (Å²) in [6.45, 7) is 7.19. The lowest BCUT2D eigenvalue weighted by atomic mass is 10.0. The average Bonchev–Trinajstić information content (AvgIpc) is 2.27. The number of rotatable bonds is 4. The van der Waals surface area contributed by atoms with E-state index >= 15 is 0 Å². The standard InChI is InChI=1S/C13H15FO2/c1-4-16-13(15)10(3)12(14)11-7-5-6-9(2)8-11/h5-8,12H,3-4H2,1-2H3. The average molecular weight is 222 g/mol. The number of hydrogen-bond acceptors (Lipinski definition) is 2. The van der Waals surface area contributed by atoms with Gasteiger partial charge in [-0.05, 0) is 19.4 Å². The molecule has 0 amide bonds. The third-order valence-corrected chi connectivity index (χ3v) is 2.18. The molecule has 0 N–H and O–H groups in total.